The van der Waals surface area contributed by atoms with Crippen LogP contribution in [-0.4, -0.2) is 5.48 Å². The summed E-state index contributed by atoms with van der Waals surface area (Å²) in [6.07, 6.45) is 0. The molecule has 0 radical (unpaired) electrons. The Kier molecular flexibility index (Phi) is 16.8. The molecule has 0 amide bonds. The number of nitriles is 1. The van der Waals surface area contributed by atoms with E-state index in [-0.39, 0.29) is 25.9 Å². The van der Waals surface area contributed by atoms with E-state index in [0.717, 1.165) is 0 Å². The Bertz CT molecular complexity index is 2560. The molecule has 0 aliphatic carbocycles. The van der Waals surface area contributed by atoms with Crippen LogP contribution in [0.15, 0.2) is 194 Å². The van der Waals surface area contributed by atoms with Gasteiger partial charge in [-0.05, 0) is 80.3 Å². The van der Waals surface area contributed by atoms with Crippen LogP contribution >= 0.6 is 31.5 Å². The molecule has 0 heterocycles. The van der Waals surface area contributed by atoms with Crippen molar-refractivity contribution in [1.29, 1.82) is 5.26 Å². The summed E-state index contributed by atoms with van der Waals surface area (Å²) in [7, 11) is -23.0. The Balaban J connectivity index is 0.000000507. The van der Waals surface area contributed by atoms with E-state index in [0.29, 0.717) is 0 Å². The maximum atomic E-state index is 9.87. The number of halogens is 12. The molecule has 0 aliphatic heterocycles. The molecule has 65 heavy (non-hydrogen) atoms. The summed E-state index contributed by atoms with van der Waals surface area (Å²) >= 11 is 0. The molecule has 8 aromatic rings. The van der Waals surface area contributed by atoms with Crippen molar-refractivity contribution in [2.45, 2.75) is 6.92 Å². The molecule has 8 aromatic carbocycles. The third-order valence-corrected chi connectivity index (χ3v) is 13.6. The normalized spacial score (nSPS) is 13.2. The van der Waals surface area contributed by atoms with E-state index in [2.05, 4.69) is 194 Å². The van der Waals surface area contributed by atoms with Crippen molar-refractivity contribution in [2.24, 2.45) is 0 Å². The van der Waals surface area contributed by atoms with Gasteiger partial charge in [-0.3, -0.25) is 0 Å². The number of hydrogen-bond donors (Lipinski definition) is 0. The van der Waals surface area contributed by atoms with Gasteiger partial charge in [0.2, 0.25) is 0 Å². The van der Waals surface area contributed by atoms with Crippen molar-refractivity contribution in [3.63, 3.8) is 0 Å². The minimum absolute atomic E-state index is 0. The maximum Gasteiger partial charge on any atom is 2.00 e. The Morgan fingerprint density at radius 3 is 0.785 bits per heavy atom. The van der Waals surface area contributed by atoms with Gasteiger partial charge >= 0.3 is 86.4 Å². The third kappa shape index (κ3) is 18.2. The number of nitrogens with zero attached hydrogens (tertiary/aromatic N) is 1. The smallest absolute Gasteiger partial charge is 0.412 e. The van der Waals surface area contributed by atoms with Gasteiger partial charge in [-0.1, -0.05) is 194 Å². The van der Waals surface area contributed by atoms with Crippen LogP contribution in [-0.2, 0) is 20.4 Å². The summed E-state index contributed by atoms with van der Waals surface area (Å²) < 4.78 is 118. The molecule has 0 unspecified atom stereocenters. The quantitative estimate of drug-likeness (QED) is 0.0891. The first-order chi connectivity index (χ1) is 29.2. The predicted molar refractivity (Wildman–Crippen MR) is 246 cm³/mol. The largest absolute Gasteiger partial charge is 2.00 e. The van der Waals surface area contributed by atoms with Crippen molar-refractivity contribution < 1.29 is 76.3 Å². The molecule has 0 aliphatic rings. The summed E-state index contributed by atoms with van der Waals surface area (Å²) in [5, 5.41) is 20.7. The molecule has 0 bridgehead atoms. The first-order valence-electron chi connectivity index (χ1n) is 18.5. The van der Waals surface area contributed by atoms with E-state index in [1.54, 1.807) is 6.07 Å². The van der Waals surface area contributed by atoms with Crippen molar-refractivity contribution in [3.05, 3.63) is 194 Å². The van der Waals surface area contributed by atoms with Crippen LogP contribution < -0.4 is 31.8 Å². The van der Waals surface area contributed by atoms with Crippen LogP contribution in [0.1, 0.15) is 6.92 Å². The van der Waals surface area contributed by atoms with Crippen LogP contribution in [0.3, 0.4) is 0 Å². The van der Waals surface area contributed by atoms with Gasteiger partial charge in [0.05, 0.1) is 6.07 Å². The fourth-order valence-corrected chi connectivity index (χ4v) is 11.5. The summed E-state index contributed by atoms with van der Waals surface area (Å²) in [5.41, 5.74) is 2.70. The first-order valence-corrected chi connectivity index (χ1v) is 25.2. The standard InChI is InChI=1S/C44H32P2.C2H3N.2F6P.H2O.Pd/c1-5-19-35(20-6-1)45(36-21-7-2-8-22-36)41-31-29-33-17-13-15-27-39(33)43(41)44-40-28-16-14-18-34(40)30-32-42(44)46(37-23-9-3-10-24-37)38-25-11-4-12-26-38;1-2-3;2*1-7(2,3,4,5)6;;/h1-32H;1H3;;;1H2;/q;;2*-1;;+2. The maximum absolute atomic E-state index is 10.7. The minimum Gasteiger partial charge on any atom is -0.412 e. The molecule has 0 fully saturated rings. The molecule has 0 saturated heterocycles. The van der Waals surface area contributed by atoms with E-state index < -0.39 is 31.5 Å². The molecular formula is C46H37F12NOP4Pd. The van der Waals surface area contributed by atoms with E-state index in [9.17, 15) is 50.4 Å². The van der Waals surface area contributed by atoms with E-state index in [4.69, 9.17) is 5.26 Å². The first kappa shape index (κ1) is 54.6. The average molecular weight is 1080 g/mol. The van der Waals surface area contributed by atoms with Gasteiger partial charge in [-0.2, -0.15) is 5.26 Å². The van der Waals surface area contributed by atoms with Crippen LogP contribution in [0.5, 0.6) is 0 Å². The Hall–Kier alpha value is -4.73. The predicted octanol–water partition coefficient (Wildman–Crippen LogP) is 15.6. The Morgan fingerprint density at radius 1 is 0.354 bits per heavy atom. The average Bonchev–Trinajstić information content (AvgIpc) is 3.21. The second-order valence-corrected chi connectivity index (χ2v) is 21.7. The van der Waals surface area contributed by atoms with E-state index in [1.807, 2.05) is 0 Å². The van der Waals surface area contributed by atoms with Gasteiger partial charge in [0.15, 0.2) is 0 Å². The topological polar surface area (TPSA) is 55.3 Å². The van der Waals surface area contributed by atoms with Gasteiger partial charge in [0.25, 0.3) is 0 Å². The zero-order valence-electron chi connectivity index (χ0n) is 33.6. The number of hydrogen-bond acceptors (Lipinski definition) is 1. The molecule has 0 spiro atoms. The van der Waals surface area contributed by atoms with Crippen LogP contribution in [0.25, 0.3) is 32.7 Å². The molecule has 8 rings (SSSR count). The molecule has 0 aromatic heterocycles. The van der Waals surface area contributed by atoms with Gasteiger partial charge in [0, 0.05) is 6.92 Å². The van der Waals surface area contributed by atoms with Gasteiger partial charge in [-0.25, -0.2) is 0 Å². The van der Waals surface area contributed by atoms with Crippen molar-refractivity contribution >= 4 is 84.8 Å². The van der Waals surface area contributed by atoms with Gasteiger partial charge in [0.1, 0.15) is 0 Å². The zero-order chi connectivity index (χ0) is 46.2. The molecule has 2 nitrogen and oxygen atoms in total. The second-order valence-electron chi connectivity index (χ2n) is 13.5. The zero-order valence-corrected chi connectivity index (χ0v) is 38.7. The molecular weight excluding hydrogens is 1040 g/mol. The fourth-order valence-electron chi connectivity index (χ4n) is 6.58. The van der Waals surface area contributed by atoms with Crippen LogP contribution in [0, 0.1) is 11.3 Å². The molecule has 346 valence electrons. The number of benzene rings is 8. The van der Waals surface area contributed by atoms with Crippen molar-refractivity contribution in [2.75, 3.05) is 0 Å². The molecule has 0 atom stereocenters. The third-order valence-electron chi connectivity index (χ3n) is 8.60. The van der Waals surface area contributed by atoms with E-state index >= 15 is 0 Å². The van der Waals surface area contributed by atoms with E-state index in [1.165, 1.54) is 71.4 Å². The summed E-state index contributed by atoms with van der Waals surface area (Å²) in [4.78, 5) is 0. The van der Waals surface area contributed by atoms with Crippen molar-refractivity contribution in [3.8, 4) is 17.2 Å². The van der Waals surface area contributed by atoms with Crippen molar-refractivity contribution in [1.82, 2.24) is 0 Å². The summed E-state index contributed by atoms with van der Waals surface area (Å²) in [5.74, 6) is 0. The Labute approximate surface area is 382 Å². The molecule has 19 heteroatoms. The summed E-state index contributed by atoms with van der Waals surface area (Å²) in [6, 6.07) is 73.6. The minimum atomic E-state index is -10.7. The van der Waals surface area contributed by atoms with Gasteiger partial charge < -0.3 is 5.48 Å². The van der Waals surface area contributed by atoms with Gasteiger partial charge in [-0.15, -0.1) is 0 Å². The van der Waals surface area contributed by atoms with Crippen LogP contribution in [0.2, 0.25) is 0 Å². The molecule has 0 saturated carbocycles. The second kappa shape index (κ2) is 20.0. The Morgan fingerprint density at radius 2 is 0.554 bits per heavy atom. The molecule has 2 N–H and O–H groups in total. The summed E-state index contributed by atoms with van der Waals surface area (Å²) in [6.45, 7) is 1.43. The van der Waals surface area contributed by atoms with Crippen LogP contribution in [0.4, 0.5) is 50.4 Å². The fraction of sp³-hybridized carbons (Fsp3) is 0.0217. The number of rotatable bonds is 7. The monoisotopic (exact) mass is 1080 g/mol. The number of fused-ring (bicyclic) bond motifs is 2. The SMILES string of the molecule is CC#N.F[P-](F)(F)(F)(F)F.F[P-](F)(F)(F)(F)F.O.[Pd+2].c1ccc(P(c2ccccc2)c2ccc3ccccc3c2-c2c(P(c3ccccc3)c3ccccc3)ccc3ccccc23)cc1.